The molecule has 0 aromatic carbocycles. The quantitative estimate of drug-likeness (QED) is 0.670. The predicted molar refractivity (Wildman–Crippen MR) is 67.5 cm³/mol. The summed E-state index contributed by atoms with van der Waals surface area (Å²) in [6.07, 6.45) is 9.70. The van der Waals surface area contributed by atoms with Gasteiger partial charge in [-0.25, -0.2) is 0 Å². The Hall–Kier alpha value is -1.63. The van der Waals surface area contributed by atoms with Crippen LogP contribution in [0.3, 0.4) is 0 Å². The van der Waals surface area contributed by atoms with Crippen molar-refractivity contribution in [3.8, 4) is 0 Å². The molecule has 0 aliphatic carbocycles. The third-order valence-corrected chi connectivity index (χ3v) is 2.46. The van der Waals surface area contributed by atoms with Gasteiger partial charge in [-0.05, 0) is 43.5 Å². The Kier molecular flexibility index (Phi) is 4.04. The summed E-state index contributed by atoms with van der Waals surface area (Å²) in [6, 6.07) is 2.02. The molecule has 1 nitrogen and oxygen atoms in total. The highest BCUT2D eigenvalue weighted by atomic mass is 14.7. The van der Waals surface area contributed by atoms with E-state index in [1.807, 2.05) is 25.3 Å². The van der Waals surface area contributed by atoms with Crippen LogP contribution in [0, 0.1) is 6.92 Å². The summed E-state index contributed by atoms with van der Waals surface area (Å²) in [4.78, 5) is 4.39. The van der Waals surface area contributed by atoms with E-state index in [0.717, 1.165) is 5.69 Å². The molecule has 0 spiro atoms. The number of hydrogen-bond donors (Lipinski definition) is 0. The molecule has 0 fully saturated rings. The molecular weight excluding hydrogens is 182 g/mol. The van der Waals surface area contributed by atoms with Crippen molar-refractivity contribution < 1.29 is 0 Å². The zero-order valence-corrected chi connectivity index (χ0v) is 9.62. The fourth-order valence-electron chi connectivity index (χ4n) is 1.44. The molecule has 0 unspecified atom stereocenters. The predicted octanol–water partition coefficient (Wildman–Crippen LogP) is 4.01. The van der Waals surface area contributed by atoms with Crippen molar-refractivity contribution in [2.24, 2.45) is 0 Å². The van der Waals surface area contributed by atoms with E-state index in [0.29, 0.717) is 0 Å². The number of pyridine rings is 1. The van der Waals surface area contributed by atoms with E-state index in [1.165, 1.54) is 16.7 Å². The second-order valence-electron chi connectivity index (χ2n) is 3.44. The molecule has 0 saturated carbocycles. The van der Waals surface area contributed by atoms with Gasteiger partial charge in [0.25, 0.3) is 0 Å². The van der Waals surface area contributed by atoms with Crippen molar-refractivity contribution in [3.05, 3.63) is 53.9 Å². The summed E-state index contributed by atoms with van der Waals surface area (Å²) in [6.45, 7) is 9.87. The highest BCUT2D eigenvalue weighted by Crippen LogP contribution is 2.19. The van der Waals surface area contributed by atoms with E-state index in [9.17, 15) is 0 Å². The molecule has 78 valence electrons. The molecule has 15 heavy (non-hydrogen) atoms. The Labute approximate surface area is 91.9 Å². The SMILES string of the molecule is C=C/C=C\c1ccnc(/C(C)=C/C)c1C. The van der Waals surface area contributed by atoms with Crippen LogP contribution in [0.15, 0.2) is 37.1 Å². The number of rotatable bonds is 3. The summed E-state index contributed by atoms with van der Waals surface area (Å²) in [5, 5.41) is 0. The van der Waals surface area contributed by atoms with Crippen molar-refractivity contribution in [1.82, 2.24) is 4.98 Å². The third-order valence-electron chi connectivity index (χ3n) is 2.46. The molecule has 0 aliphatic rings. The fraction of sp³-hybridized carbons (Fsp3) is 0.214. The summed E-state index contributed by atoms with van der Waals surface area (Å²) in [7, 11) is 0. The average molecular weight is 199 g/mol. The van der Waals surface area contributed by atoms with E-state index in [4.69, 9.17) is 0 Å². The summed E-state index contributed by atoms with van der Waals surface area (Å²) in [5.41, 5.74) is 4.69. The van der Waals surface area contributed by atoms with Gasteiger partial charge in [0.2, 0.25) is 0 Å². The first-order chi connectivity index (χ1) is 7.20. The van der Waals surface area contributed by atoms with Gasteiger partial charge in [0.05, 0.1) is 5.69 Å². The maximum Gasteiger partial charge on any atom is 0.0690 e. The smallest absolute Gasteiger partial charge is 0.0690 e. The second kappa shape index (κ2) is 5.30. The molecule has 0 atom stereocenters. The number of allylic oxidation sites excluding steroid dienone is 4. The molecule has 1 heteroatoms. The van der Waals surface area contributed by atoms with Crippen LogP contribution < -0.4 is 0 Å². The molecule has 1 aromatic rings. The van der Waals surface area contributed by atoms with Gasteiger partial charge in [-0.2, -0.15) is 0 Å². The standard InChI is InChI=1S/C14H17N/c1-5-7-8-13-9-10-15-14(12(13)4)11(3)6-2/h5-10H,1H2,2-4H3/b8-7-,11-6+. The Morgan fingerprint density at radius 1 is 1.47 bits per heavy atom. The van der Waals surface area contributed by atoms with E-state index in [2.05, 4.69) is 37.6 Å². The highest BCUT2D eigenvalue weighted by Gasteiger charge is 2.03. The normalized spacial score (nSPS) is 12.1. The van der Waals surface area contributed by atoms with Gasteiger partial charge in [-0.15, -0.1) is 0 Å². The van der Waals surface area contributed by atoms with Crippen LogP contribution in [0.25, 0.3) is 11.6 Å². The lowest BCUT2D eigenvalue weighted by Gasteiger charge is -2.07. The van der Waals surface area contributed by atoms with Gasteiger partial charge in [0.15, 0.2) is 0 Å². The van der Waals surface area contributed by atoms with Crippen molar-refractivity contribution >= 4 is 11.6 Å². The van der Waals surface area contributed by atoms with Gasteiger partial charge in [-0.1, -0.05) is 30.9 Å². The Balaban J connectivity index is 3.22. The molecule has 0 saturated heterocycles. The highest BCUT2D eigenvalue weighted by molar-refractivity contribution is 5.67. The van der Waals surface area contributed by atoms with Gasteiger partial charge in [0.1, 0.15) is 0 Å². The Morgan fingerprint density at radius 2 is 2.20 bits per heavy atom. The minimum Gasteiger partial charge on any atom is -0.256 e. The monoisotopic (exact) mass is 199 g/mol. The van der Waals surface area contributed by atoms with Gasteiger partial charge < -0.3 is 0 Å². The van der Waals surface area contributed by atoms with E-state index < -0.39 is 0 Å². The Bertz CT molecular complexity index is 411. The maximum absolute atomic E-state index is 4.39. The molecule has 0 amide bonds. The zero-order chi connectivity index (χ0) is 11.3. The maximum atomic E-state index is 4.39. The second-order valence-corrected chi connectivity index (χ2v) is 3.44. The van der Waals surface area contributed by atoms with Crippen molar-refractivity contribution in [1.29, 1.82) is 0 Å². The van der Waals surface area contributed by atoms with Crippen molar-refractivity contribution in [2.45, 2.75) is 20.8 Å². The van der Waals surface area contributed by atoms with Crippen LogP contribution in [-0.4, -0.2) is 4.98 Å². The molecule has 1 aromatic heterocycles. The minimum atomic E-state index is 1.07. The molecule has 0 radical (unpaired) electrons. The van der Waals surface area contributed by atoms with Crippen molar-refractivity contribution in [2.75, 3.05) is 0 Å². The van der Waals surface area contributed by atoms with Crippen LogP contribution in [0.4, 0.5) is 0 Å². The van der Waals surface area contributed by atoms with Crippen LogP contribution >= 0.6 is 0 Å². The lowest BCUT2D eigenvalue weighted by atomic mass is 10.0. The minimum absolute atomic E-state index is 1.07. The van der Waals surface area contributed by atoms with Crippen molar-refractivity contribution in [3.63, 3.8) is 0 Å². The fourth-order valence-corrected chi connectivity index (χ4v) is 1.44. The van der Waals surface area contributed by atoms with Gasteiger partial charge in [0, 0.05) is 6.20 Å². The molecule has 0 bridgehead atoms. The zero-order valence-electron chi connectivity index (χ0n) is 9.62. The summed E-state index contributed by atoms with van der Waals surface area (Å²) >= 11 is 0. The van der Waals surface area contributed by atoms with Crippen LogP contribution in [-0.2, 0) is 0 Å². The van der Waals surface area contributed by atoms with Gasteiger partial charge >= 0.3 is 0 Å². The van der Waals surface area contributed by atoms with Crippen LogP contribution in [0.2, 0.25) is 0 Å². The first kappa shape index (κ1) is 11.4. The number of nitrogens with zero attached hydrogens (tertiary/aromatic N) is 1. The largest absolute Gasteiger partial charge is 0.256 e. The van der Waals surface area contributed by atoms with Crippen LogP contribution in [0.1, 0.15) is 30.7 Å². The van der Waals surface area contributed by atoms with Crippen LogP contribution in [0.5, 0.6) is 0 Å². The summed E-state index contributed by atoms with van der Waals surface area (Å²) < 4.78 is 0. The first-order valence-corrected chi connectivity index (χ1v) is 5.08. The molecule has 1 heterocycles. The Morgan fingerprint density at radius 3 is 2.80 bits per heavy atom. The number of hydrogen-bond acceptors (Lipinski definition) is 1. The topological polar surface area (TPSA) is 12.9 Å². The third kappa shape index (κ3) is 2.66. The molecule has 0 N–H and O–H groups in total. The van der Waals surface area contributed by atoms with E-state index in [-0.39, 0.29) is 0 Å². The average Bonchev–Trinajstić information content (AvgIpc) is 2.27. The summed E-state index contributed by atoms with van der Waals surface area (Å²) in [5.74, 6) is 0. The van der Waals surface area contributed by atoms with E-state index >= 15 is 0 Å². The van der Waals surface area contributed by atoms with Gasteiger partial charge in [-0.3, -0.25) is 4.98 Å². The number of aromatic nitrogens is 1. The first-order valence-electron chi connectivity index (χ1n) is 5.08. The van der Waals surface area contributed by atoms with E-state index in [1.54, 1.807) is 6.08 Å². The molecule has 0 aliphatic heterocycles. The molecular formula is C14H17N. The lowest BCUT2D eigenvalue weighted by Crippen LogP contribution is -1.93. The molecule has 1 rings (SSSR count). The lowest BCUT2D eigenvalue weighted by molar-refractivity contribution is 1.20.